The Balaban J connectivity index is 2.18. The smallest absolute Gasteiger partial charge is 0.152 e. The number of anilines is 1. The highest BCUT2D eigenvalue weighted by molar-refractivity contribution is 7.91. The van der Waals surface area contributed by atoms with Crippen LogP contribution in [0.2, 0.25) is 0 Å². The lowest BCUT2D eigenvalue weighted by atomic mass is 10.1. The van der Waals surface area contributed by atoms with Gasteiger partial charge in [0, 0.05) is 18.0 Å². The monoisotopic (exact) mass is 267 g/mol. The molecule has 2 atom stereocenters. The average Bonchev–Trinajstić information content (AvgIpc) is 2.70. The zero-order valence-electron chi connectivity index (χ0n) is 11.2. The number of aryl methyl sites for hydroxylation is 2. The van der Waals surface area contributed by atoms with Gasteiger partial charge in [-0.15, -0.1) is 0 Å². The summed E-state index contributed by atoms with van der Waals surface area (Å²) in [6.45, 7) is 4.12. The highest BCUT2D eigenvalue weighted by Crippen LogP contribution is 2.29. The van der Waals surface area contributed by atoms with Crippen LogP contribution in [-0.2, 0) is 9.84 Å². The largest absolute Gasteiger partial charge is 0.381 e. The average molecular weight is 267 g/mol. The first-order chi connectivity index (χ1) is 8.38. The predicted octanol–water partition coefficient (Wildman–Crippen LogP) is 2.68. The van der Waals surface area contributed by atoms with E-state index in [1.165, 1.54) is 17.4 Å². The standard InChI is InChI=1S/C14H21NO2S/c1-10-7-8-12(11(2)9-10)15-13-5-4-6-14(13)18(3,16)17/h7-9,13-15H,4-6H2,1-3H3. The maximum absolute atomic E-state index is 11.7. The molecule has 0 amide bonds. The number of sulfone groups is 1. The Morgan fingerprint density at radius 3 is 2.56 bits per heavy atom. The zero-order valence-corrected chi connectivity index (χ0v) is 12.0. The van der Waals surface area contributed by atoms with Crippen LogP contribution in [0.25, 0.3) is 0 Å². The van der Waals surface area contributed by atoms with E-state index >= 15 is 0 Å². The molecule has 0 saturated heterocycles. The zero-order chi connectivity index (χ0) is 13.3. The van der Waals surface area contributed by atoms with Crippen LogP contribution in [0.3, 0.4) is 0 Å². The van der Waals surface area contributed by atoms with Crippen LogP contribution in [0.4, 0.5) is 5.69 Å². The van der Waals surface area contributed by atoms with Crippen molar-refractivity contribution < 1.29 is 8.42 Å². The van der Waals surface area contributed by atoms with Gasteiger partial charge in [0.15, 0.2) is 9.84 Å². The van der Waals surface area contributed by atoms with E-state index in [-0.39, 0.29) is 11.3 Å². The summed E-state index contributed by atoms with van der Waals surface area (Å²) in [5.41, 5.74) is 3.46. The van der Waals surface area contributed by atoms with Crippen molar-refractivity contribution in [1.29, 1.82) is 0 Å². The number of hydrogen-bond acceptors (Lipinski definition) is 3. The minimum Gasteiger partial charge on any atom is -0.381 e. The van der Waals surface area contributed by atoms with Crippen LogP contribution < -0.4 is 5.32 Å². The molecule has 3 nitrogen and oxygen atoms in total. The second-order valence-electron chi connectivity index (χ2n) is 5.37. The minimum atomic E-state index is -2.96. The first kappa shape index (κ1) is 13.4. The highest BCUT2D eigenvalue weighted by Gasteiger charge is 2.34. The third-order valence-electron chi connectivity index (χ3n) is 3.73. The summed E-state index contributed by atoms with van der Waals surface area (Å²) < 4.78 is 23.5. The fourth-order valence-corrected chi connectivity index (χ4v) is 4.17. The molecule has 0 radical (unpaired) electrons. The Morgan fingerprint density at radius 1 is 1.22 bits per heavy atom. The van der Waals surface area contributed by atoms with E-state index in [4.69, 9.17) is 0 Å². The van der Waals surface area contributed by atoms with Crippen LogP contribution in [0, 0.1) is 13.8 Å². The Kier molecular flexibility index (Phi) is 3.66. The molecule has 1 aliphatic rings. The summed E-state index contributed by atoms with van der Waals surface area (Å²) in [4.78, 5) is 0. The molecule has 4 heteroatoms. The molecule has 0 bridgehead atoms. The number of rotatable bonds is 3. The first-order valence-corrected chi connectivity index (χ1v) is 8.36. The third-order valence-corrected chi connectivity index (χ3v) is 5.39. The number of nitrogens with one attached hydrogen (secondary N) is 1. The Hall–Kier alpha value is -1.03. The van der Waals surface area contributed by atoms with Crippen molar-refractivity contribution in [2.45, 2.75) is 44.4 Å². The van der Waals surface area contributed by atoms with Crippen molar-refractivity contribution in [3.05, 3.63) is 29.3 Å². The molecule has 1 aliphatic carbocycles. The SMILES string of the molecule is Cc1ccc(NC2CCCC2S(C)(=O)=O)c(C)c1. The highest BCUT2D eigenvalue weighted by atomic mass is 32.2. The van der Waals surface area contributed by atoms with Crippen LogP contribution in [0.15, 0.2) is 18.2 Å². The van der Waals surface area contributed by atoms with E-state index in [0.717, 1.165) is 24.9 Å². The topological polar surface area (TPSA) is 46.2 Å². The predicted molar refractivity (Wildman–Crippen MR) is 75.8 cm³/mol. The van der Waals surface area contributed by atoms with Gasteiger partial charge in [-0.3, -0.25) is 0 Å². The van der Waals surface area contributed by atoms with Gasteiger partial charge in [0.05, 0.1) is 5.25 Å². The van der Waals surface area contributed by atoms with Crippen LogP contribution in [0.1, 0.15) is 30.4 Å². The molecule has 0 aliphatic heterocycles. The Labute approximate surface area is 110 Å². The van der Waals surface area contributed by atoms with Crippen molar-refractivity contribution >= 4 is 15.5 Å². The summed E-state index contributed by atoms with van der Waals surface area (Å²) in [6.07, 6.45) is 4.05. The van der Waals surface area contributed by atoms with Gasteiger partial charge in [-0.2, -0.15) is 0 Å². The molecule has 1 saturated carbocycles. The molecule has 100 valence electrons. The molecule has 1 fully saturated rings. The van der Waals surface area contributed by atoms with Crippen molar-refractivity contribution in [2.24, 2.45) is 0 Å². The summed E-state index contributed by atoms with van der Waals surface area (Å²) in [5, 5.41) is 3.18. The molecular formula is C14H21NO2S. The summed E-state index contributed by atoms with van der Waals surface area (Å²) in [5.74, 6) is 0. The number of benzene rings is 1. The van der Waals surface area contributed by atoms with Gasteiger partial charge in [-0.05, 0) is 44.7 Å². The quantitative estimate of drug-likeness (QED) is 0.916. The fraction of sp³-hybridized carbons (Fsp3) is 0.571. The molecule has 2 unspecified atom stereocenters. The van der Waals surface area contributed by atoms with Gasteiger partial charge < -0.3 is 5.32 Å². The van der Waals surface area contributed by atoms with Crippen LogP contribution in [-0.4, -0.2) is 26.0 Å². The van der Waals surface area contributed by atoms with Gasteiger partial charge >= 0.3 is 0 Å². The lowest BCUT2D eigenvalue weighted by Crippen LogP contribution is -2.34. The van der Waals surface area contributed by atoms with Crippen LogP contribution >= 0.6 is 0 Å². The van der Waals surface area contributed by atoms with Gasteiger partial charge in [-0.25, -0.2) is 8.42 Å². The molecule has 1 aromatic rings. The number of hydrogen-bond donors (Lipinski definition) is 1. The van der Waals surface area contributed by atoms with Crippen molar-refractivity contribution in [1.82, 2.24) is 0 Å². The minimum absolute atomic E-state index is 0.0569. The van der Waals surface area contributed by atoms with E-state index in [9.17, 15) is 8.42 Å². The molecule has 1 N–H and O–H groups in total. The van der Waals surface area contributed by atoms with Crippen molar-refractivity contribution in [3.63, 3.8) is 0 Å². The molecule has 18 heavy (non-hydrogen) atoms. The van der Waals surface area contributed by atoms with E-state index in [1.54, 1.807) is 0 Å². The second kappa shape index (κ2) is 4.92. The van der Waals surface area contributed by atoms with E-state index in [1.807, 2.05) is 6.07 Å². The van der Waals surface area contributed by atoms with Crippen molar-refractivity contribution in [2.75, 3.05) is 11.6 Å². The first-order valence-electron chi connectivity index (χ1n) is 6.40. The van der Waals surface area contributed by atoms with Gasteiger partial charge in [0.1, 0.15) is 0 Å². The maximum atomic E-state index is 11.7. The van der Waals surface area contributed by atoms with E-state index in [2.05, 4.69) is 31.3 Å². The maximum Gasteiger partial charge on any atom is 0.152 e. The summed E-state index contributed by atoms with van der Waals surface area (Å²) >= 11 is 0. The molecule has 0 heterocycles. The van der Waals surface area contributed by atoms with Crippen LogP contribution in [0.5, 0.6) is 0 Å². The van der Waals surface area contributed by atoms with Crippen molar-refractivity contribution in [3.8, 4) is 0 Å². The molecule has 0 aromatic heterocycles. The molecular weight excluding hydrogens is 246 g/mol. The van der Waals surface area contributed by atoms with E-state index in [0.29, 0.717) is 0 Å². The third kappa shape index (κ3) is 2.86. The second-order valence-corrected chi connectivity index (χ2v) is 7.63. The van der Waals surface area contributed by atoms with Gasteiger partial charge in [0.25, 0.3) is 0 Å². The lowest BCUT2D eigenvalue weighted by Gasteiger charge is -2.22. The summed E-state index contributed by atoms with van der Waals surface area (Å²) in [7, 11) is -2.96. The molecule has 1 aromatic carbocycles. The summed E-state index contributed by atoms with van der Waals surface area (Å²) in [6, 6.07) is 6.27. The molecule has 0 spiro atoms. The normalized spacial score (nSPS) is 24.2. The van der Waals surface area contributed by atoms with Gasteiger partial charge in [0.2, 0.25) is 0 Å². The Bertz CT molecular complexity index is 537. The van der Waals surface area contributed by atoms with Gasteiger partial charge in [-0.1, -0.05) is 17.7 Å². The molecule has 2 rings (SSSR count). The Morgan fingerprint density at radius 2 is 1.94 bits per heavy atom. The van der Waals surface area contributed by atoms with E-state index < -0.39 is 9.84 Å². The fourth-order valence-electron chi connectivity index (χ4n) is 2.78. The lowest BCUT2D eigenvalue weighted by molar-refractivity contribution is 0.579.